The lowest BCUT2D eigenvalue weighted by Crippen LogP contribution is -2.10. The van der Waals surface area contributed by atoms with E-state index in [1.165, 1.54) is 0 Å². The third-order valence-corrected chi connectivity index (χ3v) is 4.76. The summed E-state index contributed by atoms with van der Waals surface area (Å²) in [5, 5.41) is 9.01. The minimum absolute atomic E-state index is 0.120. The molecule has 3 aromatic rings. The van der Waals surface area contributed by atoms with Crippen molar-refractivity contribution in [3.63, 3.8) is 0 Å². The third-order valence-electron chi connectivity index (χ3n) is 4.39. The molecule has 1 aromatic carbocycles. The first-order valence-electron chi connectivity index (χ1n) is 8.24. The number of esters is 1. The molecule has 0 fully saturated rings. The molecule has 136 valence electrons. The Morgan fingerprint density at radius 2 is 1.92 bits per heavy atom. The van der Waals surface area contributed by atoms with Gasteiger partial charge >= 0.3 is 5.97 Å². The summed E-state index contributed by atoms with van der Waals surface area (Å²) in [5.41, 5.74) is 4.29. The van der Waals surface area contributed by atoms with Crippen LogP contribution in [0.5, 0.6) is 0 Å². The molecule has 0 unspecified atom stereocenters. The molecular weight excluding hydrogens is 354 g/mol. The molecule has 0 bridgehead atoms. The number of aryl methyl sites for hydroxylation is 3. The van der Waals surface area contributed by atoms with Crippen molar-refractivity contribution in [2.45, 2.75) is 40.8 Å². The van der Waals surface area contributed by atoms with Gasteiger partial charge in [0.1, 0.15) is 17.9 Å². The second-order valence-electron chi connectivity index (χ2n) is 6.17. The van der Waals surface area contributed by atoms with Gasteiger partial charge in [0.15, 0.2) is 0 Å². The molecule has 0 N–H and O–H groups in total. The van der Waals surface area contributed by atoms with Crippen LogP contribution < -0.4 is 0 Å². The summed E-state index contributed by atoms with van der Waals surface area (Å²) in [6.07, 6.45) is 0. The first-order valence-corrected chi connectivity index (χ1v) is 8.62. The van der Waals surface area contributed by atoms with Gasteiger partial charge in [0, 0.05) is 5.02 Å². The van der Waals surface area contributed by atoms with E-state index in [0.29, 0.717) is 28.6 Å². The van der Waals surface area contributed by atoms with Crippen LogP contribution in [-0.2, 0) is 17.9 Å². The summed E-state index contributed by atoms with van der Waals surface area (Å²) in [5.74, 6) is 0.239. The number of carbonyl (C=O) groups is 1. The van der Waals surface area contributed by atoms with Crippen LogP contribution in [0.4, 0.5) is 0 Å². The molecule has 2 aromatic heterocycles. The lowest BCUT2D eigenvalue weighted by atomic mass is 10.2. The van der Waals surface area contributed by atoms with Gasteiger partial charge in [0.25, 0.3) is 0 Å². The van der Waals surface area contributed by atoms with Gasteiger partial charge in [-0.2, -0.15) is 5.10 Å². The highest BCUT2D eigenvalue weighted by molar-refractivity contribution is 6.31. The maximum Gasteiger partial charge on any atom is 0.342 e. The zero-order chi connectivity index (χ0) is 18.8. The van der Waals surface area contributed by atoms with E-state index in [9.17, 15) is 4.79 Å². The molecule has 0 atom stereocenters. The number of hydrogen-bond acceptors (Lipinski definition) is 5. The van der Waals surface area contributed by atoms with Crippen molar-refractivity contribution in [3.05, 3.63) is 68.8 Å². The third kappa shape index (κ3) is 3.51. The minimum atomic E-state index is -0.412. The van der Waals surface area contributed by atoms with Crippen LogP contribution in [0.1, 0.15) is 44.3 Å². The van der Waals surface area contributed by atoms with Crippen molar-refractivity contribution in [1.82, 2.24) is 14.9 Å². The molecule has 0 aliphatic rings. The molecule has 0 aliphatic carbocycles. The van der Waals surface area contributed by atoms with Gasteiger partial charge in [0.05, 0.1) is 29.2 Å². The predicted octanol–water partition coefficient (Wildman–Crippen LogP) is 4.16. The van der Waals surface area contributed by atoms with Crippen molar-refractivity contribution >= 4 is 17.6 Å². The van der Waals surface area contributed by atoms with Crippen molar-refractivity contribution in [3.8, 4) is 0 Å². The standard InChI is InChI=1S/C19H20ClN3O3/c1-11-16(14(4)26-22-11)10-25-19(24)18-12(2)21-23(13(18)3)9-15-7-5-6-8-17(15)20/h5-8H,9-10H2,1-4H3. The van der Waals surface area contributed by atoms with E-state index in [-0.39, 0.29) is 6.61 Å². The van der Waals surface area contributed by atoms with Crippen molar-refractivity contribution < 1.29 is 14.1 Å². The van der Waals surface area contributed by atoms with Crippen LogP contribution in [0.3, 0.4) is 0 Å². The average Bonchev–Trinajstić information content (AvgIpc) is 3.06. The summed E-state index contributed by atoms with van der Waals surface area (Å²) >= 11 is 6.22. The Hall–Kier alpha value is -2.60. The smallest absolute Gasteiger partial charge is 0.342 e. The highest BCUT2D eigenvalue weighted by atomic mass is 35.5. The number of hydrogen-bond donors (Lipinski definition) is 0. The van der Waals surface area contributed by atoms with Crippen LogP contribution in [-0.4, -0.2) is 20.9 Å². The van der Waals surface area contributed by atoms with Gasteiger partial charge in [-0.15, -0.1) is 0 Å². The normalized spacial score (nSPS) is 11.0. The van der Waals surface area contributed by atoms with Crippen LogP contribution >= 0.6 is 11.6 Å². The monoisotopic (exact) mass is 373 g/mol. The summed E-state index contributed by atoms with van der Waals surface area (Å²) in [4.78, 5) is 12.6. The first-order chi connectivity index (χ1) is 12.4. The summed E-state index contributed by atoms with van der Waals surface area (Å²) in [7, 11) is 0. The van der Waals surface area contributed by atoms with Gasteiger partial charge in [-0.25, -0.2) is 4.79 Å². The fourth-order valence-corrected chi connectivity index (χ4v) is 3.05. The molecule has 0 spiro atoms. The van der Waals surface area contributed by atoms with E-state index >= 15 is 0 Å². The average molecular weight is 374 g/mol. The maximum atomic E-state index is 12.6. The summed E-state index contributed by atoms with van der Waals surface area (Å²) in [6.45, 7) is 7.86. The first kappa shape index (κ1) is 18.2. The zero-order valence-electron chi connectivity index (χ0n) is 15.2. The van der Waals surface area contributed by atoms with Crippen molar-refractivity contribution in [2.24, 2.45) is 0 Å². The number of aromatic nitrogens is 3. The lowest BCUT2D eigenvalue weighted by Gasteiger charge is -2.08. The van der Waals surface area contributed by atoms with Gasteiger partial charge in [-0.05, 0) is 39.3 Å². The number of nitrogens with zero attached hydrogens (tertiary/aromatic N) is 3. The van der Waals surface area contributed by atoms with Gasteiger partial charge in [0.2, 0.25) is 0 Å². The number of halogens is 1. The molecule has 0 radical (unpaired) electrons. The molecule has 7 heteroatoms. The van der Waals surface area contributed by atoms with Gasteiger partial charge in [-0.1, -0.05) is 35.0 Å². The Morgan fingerprint density at radius 3 is 2.58 bits per heavy atom. The van der Waals surface area contributed by atoms with Crippen molar-refractivity contribution in [1.29, 1.82) is 0 Å². The highest BCUT2D eigenvalue weighted by Crippen LogP contribution is 2.21. The Labute approximate surface area is 156 Å². The molecule has 26 heavy (non-hydrogen) atoms. The van der Waals surface area contributed by atoms with E-state index in [2.05, 4.69) is 10.3 Å². The Bertz CT molecular complexity index is 940. The van der Waals surface area contributed by atoms with Crippen LogP contribution in [0.15, 0.2) is 28.8 Å². The van der Waals surface area contributed by atoms with Crippen LogP contribution in [0.2, 0.25) is 5.02 Å². The fourth-order valence-electron chi connectivity index (χ4n) is 2.85. The molecule has 0 saturated heterocycles. The molecule has 6 nitrogen and oxygen atoms in total. The largest absolute Gasteiger partial charge is 0.457 e. The molecule has 0 aliphatic heterocycles. The number of rotatable bonds is 5. The van der Waals surface area contributed by atoms with Crippen LogP contribution in [0.25, 0.3) is 0 Å². The fraction of sp³-hybridized carbons (Fsp3) is 0.316. The van der Waals surface area contributed by atoms with Gasteiger partial charge < -0.3 is 9.26 Å². The van der Waals surface area contributed by atoms with Crippen molar-refractivity contribution in [2.75, 3.05) is 0 Å². The molecule has 3 rings (SSSR count). The lowest BCUT2D eigenvalue weighted by molar-refractivity contribution is 0.0469. The van der Waals surface area contributed by atoms with E-state index < -0.39 is 5.97 Å². The Morgan fingerprint density at radius 1 is 1.19 bits per heavy atom. The van der Waals surface area contributed by atoms with E-state index in [1.807, 2.05) is 38.1 Å². The Balaban J connectivity index is 1.79. The summed E-state index contributed by atoms with van der Waals surface area (Å²) in [6, 6.07) is 7.58. The van der Waals surface area contributed by atoms with E-state index in [0.717, 1.165) is 22.5 Å². The quantitative estimate of drug-likeness (QED) is 0.628. The predicted molar refractivity (Wildman–Crippen MR) is 97.4 cm³/mol. The van der Waals surface area contributed by atoms with Gasteiger partial charge in [-0.3, -0.25) is 4.68 Å². The van der Waals surface area contributed by atoms with E-state index in [4.69, 9.17) is 20.9 Å². The highest BCUT2D eigenvalue weighted by Gasteiger charge is 2.21. The van der Waals surface area contributed by atoms with Crippen LogP contribution in [0, 0.1) is 27.7 Å². The second kappa shape index (κ2) is 7.33. The summed E-state index contributed by atoms with van der Waals surface area (Å²) < 4.78 is 12.3. The molecule has 2 heterocycles. The molecular formula is C19H20ClN3O3. The minimum Gasteiger partial charge on any atom is -0.457 e. The maximum absolute atomic E-state index is 12.6. The topological polar surface area (TPSA) is 70.2 Å². The SMILES string of the molecule is Cc1noc(C)c1COC(=O)c1c(C)nn(Cc2ccccc2Cl)c1C. The second-order valence-corrected chi connectivity index (χ2v) is 6.58. The Kier molecular flexibility index (Phi) is 5.13. The van der Waals surface area contributed by atoms with E-state index in [1.54, 1.807) is 18.5 Å². The number of benzene rings is 1. The number of carbonyl (C=O) groups excluding carboxylic acids is 1. The number of ether oxygens (including phenoxy) is 1. The zero-order valence-corrected chi connectivity index (χ0v) is 15.9. The molecule has 0 saturated carbocycles. The molecule has 0 amide bonds.